The second-order valence-electron chi connectivity index (χ2n) is 7.10. The number of guanidine groups is 1. The van der Waals surface area contributed by atoms with Crippen LogP contribution >= 0.6 is 0 Å². The van der Waals surface area contributed by atoms with Crippen molar-refractivity contribution in [1.29, 1.82) is 0 Å². The molecule has 1 aliphatic rings. The van der Waals surface area contributed by atoms with Crippen molar-refractivity contribution in [2.75, 3.05) is 33.2 Å². The third kappa shape index (κ3) is 6.88. The molecule has 0 aromatic heterocycles. The average Bonchev–Trinajstić information content (AvgIpc) is 2.45. The molecule has 0 radical (unpaired) electrons. The van der Waals surface area contributed by atoms with E-state index in [0.717, 1.165) is 31.9 Å². The summed E-state index contributed by atoms with van der Waals surface area (Å²) in [6, 6.07) is 0. The van der Waals surface area contributed by atoms with Crippen LogP contribution in [0.15, 0.2) is 4.99 Å². The van der Waals surface area contributed by atoms with Gasteiger partial charge in [0.15, 0.2) is 5.96 Å². The number of amides is 2. The van der Waals surface area contributed by atoms with E-state index in [-0.39, 0.29) is 17.2 Å². The molecular formula is C16H31N5O2. The minimum atomic E-state index is -0.378. The number of primary amides is 1. The highest BCUT2D eigenvalue weighted by atomic mass is 16.2. The second kappa shape index (κ2) is 8.74. The molecule has 0 saturated carbocycles. The predicted octanol–water partition coefficient (Wildman–Crippen LogP) is 0.312. The van der Waals surface area contributed by atoms with Gasteiger partial charge >= 0.3 is 0 Å². The van der Waals surface area contributed by atoms with Crippen LogP contribution in [0.1, 0.15) is 40.0 Å². The molecule has 1 unspecified atom stereocenters. The molecule has 0 aromatic carbocycles. The number of nitrogens with two attached hydrogens (primary N) is 1. The first-order valence-corrected chi connectivity index (χ1v) is 8.26. The van der Waals surface area contributed by atoms with Crippen LogP contribution in [0.25, 0.3) is 0 Å². The van der Waals surface area contributed by atoms with Crippen molar-refractivity contribution in [2.24, 2.45) is 22.1 Å². The summed E-state index contributed by atoms with van der Waals surface area (Å²) >= 11 is 0. The maximum Gasteiger partial charge on any atom is 0.225 e. The first kappa shape index (κ1) is 19.3. The van der Waals surface area contributed by atoms with Crippen LogP contribution in [-0.2, 0) is 9.59 Å². The molecule has 0 aliphatic carbocycles. The fraction of sp³-hybridized carbons (Fsp3) is 0.812. The van der Waals surface area contributed by atoms with Gasteiger partial charge in [0.1, 0.15) is 0 Å². The summed E-state index contributed by atoms with van der Waals surface area (Å²) < 4.78 is 0. The molecule has 2 amide bonds. The van der Waals surface area contributed by atoms with Gasteiger partial charge in [-0.1, -0.05) is 20.8 Å². The lowest BCUT2D eigenvalue weighted by Gasteiger charge is -2.34. The summed E-state index contributed by atoms with van der Waals surface area (Å²) in [5.41, 5.74) is 4.92. The molecule has 0 bridgehead atoms. The van der Waals surface area contributed by atoms with Gasteiger partial charge in [0, 0.05) is 45.1 Å². The van der Waals surface area contributed by atoms with Crippen molar-refractivity contribution in [3.05, 3.63) is 0 Å². The van der Waals surface area contributed by atoms with Crippen molar-refractivity contribution in [2.45, 2.75) is 40.0 Å². The maximum absolute atomic E-state index is 11.8. The molecule has 1 atom stereocenters. The summed E-state index contributed by atoms with van der Waals surface area (Å²) in [4.78, 5) is 29.3. The van der Waals surface area contributed by atoms with E-state index in [4.69, 9.17) is 5.73 Å². The Morgan fingerprint density at radius 3 is 2.48 bits per heavy atom. The lowest BCUT2D eigenvalue weighted by molar-refractivity contribution is -0.128. The Balaban J connectivity index is 2.39. The Kier molecular flexibility index (Phi) is 7.32. The summed E-state index contributed by atoms with van der Waals surface area (Å²) in [5, 5.41) is 6.17. The van der Waals surface area contributed by atoms with Gasteiger partial charge in [0.2, 0.25) is 11.8 Å². The molecule has 1 heterocycles. The monoisotopic (exact) mass is 325 g/mol. The number of aliphatic imine (C=N–C) groups is 1. The average molecular weight is 325 g/mol. The lowest BCUT2D eigenvalue weighted by Crippen LogP contribution is -2.49. The zero-order chi connectivity index (χ0) is 17.5. The zero-order valence-electron chi connectivity index (χ0n) is 14.8. The first-order chi connectivity index (χ1) is 10.7. The molecule has 132 valence electrons. The van der Waals surface area contributed by atoms with Crippen LogP contribution in [0.2, 0.25) is 0 Å². The number of carbonyl (C=O) groups excluding carboxylic acids is 2. The van der Waals surface area contributed by atoms with Crippen molar-refractivity contribution in [1.82, 2.24) is 15.5 Å². The molecule has 0 spiro atoms. The van der Waals surface area contributed by atoms with Crippen LogP contribution in [0.3, 0.4) is 0 Å². The fourth-order valence-electron chi connectivity index (χ4n) is 2.66. The van der Waals surface area contributed by atoms with Crippen molar-refractivity contribution < 1.29 is 9.59 Å². The van der Waals surface area contributed by atoms with Crippen LogP contribution in [0.5, 0.6) is 0 Å². The summed E-state index contributed by atoms with van der Waals surface area (Å²) in [6.45, 7) is 8.54. The predicted molar refractivity (Wildman–Crippen MR) is 91.9 cm³/mol. The number of carbonyl (C=O) groups is 2. The Hall–Kier alpha value is -1.79. The van der Waals surface area contributed by atoms with E-state index in [9.17, 15) is 9.59 Å². The van der Waals surface area contributed by atoms with Crippen molar-refractivity contribution in [3.63, 3.8) is 0 Å². The zero-order valence-corrected chi connectivity index (χ0v) is 14.8. The molecule has 0 aromatic rings. The molecule has 1 saturated heterocycles. The van der Waals surface area contributed by atoms with E-state index < -0.39 is 0 Å². The number of rotatable bonds is 5. The standard InChI is InChI=1S/C16H31N5O2/c1-16(2,3)14(23)19-7-8-20-15(18-4)21-9-5-6-12(11-21)10-13(17)22/h12H,5-11H2,1-4H3,(H2,17,22)(H,18,20)(H,19,23). The molecule has 1 fully saturated rings. The number of nitrogens with one attached hydrogen (secondary N) is 2. The Labute approximate surface area is 139 Å². The highest BCUT2D eigenvalue weighted by Gasteiger charge is 2.24. The van der Waals surface area contributed by atoms with Crippen molar-refractivity contribution >= 4 is 17.8 Å². The number of piperidine rings is 1. The molecular weight excluding hydrogens is 294 g/mol. The lowest BCUT2D eigenvalue weighted by atomic mass is 9.95. The van der Waals surface area contributed by atoms with Gasteiger partial charge in [0.25, 0.3) is 0 Å². The third-order valence-corrected chi connectivity index (χ3v) is 3.90. The van der Waals surface area contributed by atoms with E-state index in [2.05, 4.69) is 20.5 Å². The van der Waals surface area contributed by atoms with E-state index in [1.54, 1.807) is 7.05 Å². The molecule has 23 heavy (non-hydrogen) atoms. The van der Waals surface area contributed by atoms with Gasteiger partial charge in [-0.2, -0.15) is 0 Å². The van der Waals surface area contributed by atoms with Crippen LogP contribution in [0.4, 0.5) is 0 Å². The number of nitrogens with zero attached hydrogens (tertiary/aromatic N) is 2. The highest BCUT2D eigenvalue weighted by Crippen LogP contribution is 2.19. The minimum Gasteiger partial charge on any atom is -0.370 e. The van der Waals surface area contributed by atoms with E-state index in [1.807, 2.05) is 20.8 Å². The summed E-state index contributed by atoms with van der Waals surface area (Å²) in [5.74, 6) is 0.892. The normalized spacial score (nSPS) is 19.4. The SMILES string of the molecule is CN=C(NCCNC(=O)C(C)(C)C)N1CCCC(CC(N)=O)C1. The molecule has 4 N–H and O–H groups in total. The Bertz CT molecular complexity index is 442. The highest BCUT2D eigenvalue weighted by molar-refractivity contribution is 5.82. The molecule has 7 nitrogen and oxygen atoms in total. The smallest absolute Gasteiger partial charge is 0.225 e. The van der Waals surface area contributed by atoms with Crippen LogP contribution in [0, 0.1) is 11.3 Å². The topological polar surface area (TPSA) is 99.8 Å². The second-order valence-corrected chi connectivity index (χ2v) is 7.10. The minimum absolute atomic E-state index is 0.0359. The number of hydrogen-bond acceptors (Lipinski definition) is 3. The molecule has 1 aliphatic heterocycles. The largest absolute Gasteiger partial charge is 0.370 e. The quantitative estimate of drug-likeness (QED) is 0.385. The van der Waals surface area contributed by atoms with Crippen LogP contribution < -0.4 is 16.4 Å². The van der Waals surface area contributed by atoms with E-state index in [0.29, 0.717) is 25.4 Å². The maximum atomic E-state index is 11.8. The number of likely N-dealkylation sites (tertiary alicyclic amines) is 1. The van der Waals surface area contributed by atoms with Crippen LogP contribution in [-0.4, -0.2) is 55.9 Å². The molecule has 7 heteroatoms. The van der Waals surface area contributed by atoms with Gasteiger partial charge in [-0.25, -0.2) is 0 Å². The van der Waals surface area contributed by atoms with Gasteiger partial charge < -0.3 is 21.3 Å². The van der Waals surface area contributed by atoms with E-state index >= 15 is 0 Å². The summed E-state index contributed by atoms with van der Waals surface area (Å²) in [6.07, 6.45) is 2.48. The Morgan fingerprint density at radius 2 is 1.91 bits per heavy atom. The summed E-state index contributed by atoms with van der Waals surface area (Å²) in [7, 11) is 1.74. The van der Waals surface area contributed by atoms with E-state index in [1.165, 1.54) is 0 Å². The third-order valence-electron chi connectivity index (χ3n) is 3.90. The van der Waals surface area contributed by atoms with Gasteiger partial charge in [-0.3, -0.25) is 14.6 Å². The van der Waals surface area contributed by atoms with Gasteiger partial charge in [0.05, 0.1) is 0 Å². The Morgan fingerprint density at radius 1 is 1.26 bits per heavy atom. The first-order valence-electron chi connectivity index (χ1n) is 8.26. The number of hydrogen-bond donors (Lipinski definition) is 3. The molecule has 1 rings (SSSR count). The van der Waals surface area contributed by atoms with Gasteiger partial charge in [-0.15, -0.1) is 0 Å². The van der Waals surface area contributed by atoms with Crippen molar-refractivity contribution in [3.8, 4) is 0 Å². The van der Waals surface area contributed by atoms with Gasteiger partial charge in [-0.05, 0) is 18.8 Å². The fourth-order valence-corrected chi connectivity index (χ4v) is 2.66.